The Hall–Kier alpha value is -1.22. The molecule has 0 saturated heterocycles. The fourth-order valence-electron chi connectivity index (χ4n) is 1.35. The third kappa shape index (κ3) is 4.96. The van der Waals surface area contributed by atoms with Crippen LogP contribution in [0.25, 0.3) is 0 Å². The number of nitro groups is 1. The summed E-state index contributed by atoms with van der Waals surface area (Å²) in [6.45, 7) is 1.20. The number of nitrogens with one attached hydrogen (secondary N) is 1. The maximum atomic E-state index is 10.8. The van der Waals surface area contributed by atoms with Crippen molar-refractivity contribution in [2.45, 2.75) is 6.54 Å². The molecule has 1 aromatic carbocycles. The molecule has 1 aromatic rings. The van der Waals surface area contributed by atoms with Crippen molar-refractivity contribution in [3.8, 4) is 12.3 Å². The molecule has 4 nitrogen and oxygen atoms in total. The maximum Gasteiger partial charge on any atom is 0.275 e. The first-order chi connectivity index (χ1) is 8.65. The van der Waals surface area contributed by atoms with Gasteiger partial charge in [-0.3, -0.25) is 10.1 Å². The summed E-state index contributed by atoms with van der Waals surface area (Å²) in [4.78, 5) is 10.4. The van der Waals surface area contributed by atoms with E-state index in [4.69, 9.17) is 18.0 Å². The van der Waals surface area contributed by atoms with Gasteiger partial charge in [-0.25, -0.2) is 0 Å². The van der Waals surface area contributed by atoms with Crippen LogP contribution in [0, 0.1) is 22.5 Å². The van der Waals surface area contributed by atoms with E-state index >= 15 is 0 Å². The zero-order chi connectivity index (χ0) is 13.4. The normalized spacial score (nSPS) is 10.0. The smallest absolute Gasteiger partial charge is 0.275 e. The lowest BCUT2D eigenvalue weighted by molar-refractivity contribution is -0.385. The Morgan fingerprint density at radius 3 is 3.00 bits per heavy atom. The van der Waals surface area contributed by atoms with Crippen LogP contribution < -0.4 is 5.32 Å². The minimum atomic E-state index is -0.421. The third-order valence-electron chi connectivity index (χ3n) is 2.17. The molecule has 0 radical (unpaired) electrons. The van der Waals surface area contributed by atoms with Gasteiger partial charge in [0.2, 0.25) is 0 Å². The molecule has 0 amide bonds. The predicted molar refractivity (Wildman–Crippen MR) is 76.0 cm³/mol. The van der Waals surface area contributed by atoms with E-state index in [1.165, 1.54) is 6.07 Å². The van der Waals surface area contributed by atoms with Crippen LogP contribution in [0.3, 0.4) is 0 Å². The predicted octanol–water partition coefficient (Wildman–Crippen LogP) is 2.70. The van der Waals surface area contributed by atoms with E-state index in [-0.39, 0.29) is 5.69 Å². The van der Waals surface area contributed by atoms with E-state index in [1.807, 2.05) is 0 Å². The number of benzene rings is 1. The molecule has 0 aliphatic carbocycles. The van der Waals surface area contributed by atoms with Crippen molar-refractivity contribution in [3.05, 3.63) is 38.9 Å². The van der Waals surface area contributed by atoms with Crippen LogP contribution in [0.5, 0.6) is 0 Å². The number of nitro benzene ring substituents is 1. The van der Waals surface area contributed by atoms with Crippen LogP contribution in [0.1, 0.15) is 5.56 Å². The summed E-state index contributed by atoms with van der Waals surface area (Å²) >= 11 is 7.38. The van der Waals surface area contributed by atoms with Gasteiger partial charge in [-0.05, 0) is 12.1 Å². The molecule has 6 heteroatoms. The molecule has 1 rings (SSSR count). The zero-order valence-electron chi connectivity index (χ0n) is 9.69. The van der Waals surface area contributed by atoms with E-state index in [9.17, 15) is 10.1 Å². The Bertz CT molecular complexity index is 460. The average Bonchev–Trinajstić information content (AvgIpc) is 2.35. The molecule has 0 fully saturated rings. The number of hydrogen-bond acceptors (Lipinski definition) is 4. The highest BCUT2D eigenvalue weighted by Crippen LogP contribution is 2.22. The van der Waals surface area contributed by atoms with Crippen molar-refractivity contribution in [1.82, 2.24) is 5.32 Å². The third-order valence-corrected chi connectivity index (χ3v) is 3.27. The molecule has 18 heavy (non-hydrogen) atoms. The molecule has 0 aliphatic rings. The maximum absolute atomic E-state index is 10.8. The monoisotopic (exact) mass is 284 g/mol. The first-order valence-corrected chi connectivity index (χ1v) is 6.83. The van der Waals surface area contributed by atoms with Crippen molar-refractivity contribution < 1.29 is 4.92 Å². The largest absolute Gasteiger partial charge is 0.312 e. The van der Waals surface area contributed by atoms with Crippen molar-refractivity contribution in [1.29, 1.82) is 0 Å². The number of nitrogens with zero attached hydrogens (tertiary/aromatic N) is 1. The summed E-state index contributed by atoms with van der Waals surface area (Å²) in [6, 6.07) is 4.69. The van der Waals surface area contributed by atoms with Gasteiger partial charge in [0.1, 0.15) is 0 Å². The van der Waals surface area contributed by atoms with Gasteiger partial charge >= 0.3 is 0 Å². The minimum absolute atomic E-state index is 0.0475. The number of halogens is 1. The van der Waals surface area contributed by atoms with Gasteiger partial charge in [0.05, 0.1) is 10.7 Å². The second kappa shape index (κ2) is 7.98. The van der Waals surface area contributed by atoms with Crippen molar-refractivity contribution >= 4 is 29.1 Å². The SMILES string of the molecule is C#CCSCCNCc1ccc(Cl)cc1[N+](=O)[O-]. The number of thioether (sulfide) groups is 1. The average molecular weight is 285 g/mol. The van der Waals surface area contributed by atoms with E-state index in [0.29, 0.717) is 22.9 Å². The molecule has 0 saturated carbocycles. The summed E-state index contributed by atoms with van der Waals surface area (Å²) in [5.41, 5.74) is 0.678. The standard InChI is InChI=1S/C12H13ClN2O2S/c1-2-6-18-7-5-14-9-10-3-4-11(13)8-12(10)15(16)17/h1,3-4,8,14H,5-7,9H2. The molecular weight excluding hydrogens is 272 g/mol. The molecule has 1 N–H and O–H groups in total. The van der Waals surface area contributed by atoms with Gasteiger partial charge in [-0.2, -0.15) is 0 Å². The van der Waals surface area contributed by atoms with E-state index in [0.717, 1.165) is 12.3 Å². The van der Waals surface area contributed by atoms with Crippen LogP contribution >= 0.6 is 23.4 Å². The van der Waals surface area contributed by atoms with Gasteiger partial charge in [0.25, 0.3) is 5.69 Å². The first-order valence-electron chi connectivity index (χ1n) is 5.30. The quantitative estimate of drug-likeness (QED) is 0.362. The van der Waals surface area contributed by atoms with Gasteiger partial charge < -0.3 is 5.32 Å². The van der Waals surface area contributed by atoms with Gasteiger partial charge in [0.15, 0.2) is 0 Å². The van der Waals surface area contributed by atoms with E-state index in [2.05, 4.69) is 11.2 Å². The van der Waals surface area contributed by atoms with Crippen LogP contribution in [0.4, 0.5) is 5.69 Å². The van der Waals surface area contributed by atoms with Crippen LogP contribution in [-0.2, 0) is 6.54 Å². The molecular formula is C12H13ClN2O2S. The summed E-state index contributed by atoms with van der Waals surface area (Å²) in [5.74, 6) is 4.10. The van der Waals surface area contributed by atoms with Crippen LogP contribution in [0.15, 0.2) is 18.2 Å². The molecule has 0 atom stereocenters. The van der Waals surface area contributed by atoms with Gasteiger partial charge in [0, 0.05) is 35.5 Å². The lowest BCUT2D eigenvalue weighted by Crippen LogP contribution is -2.17. The second-order valence-electron chi connectivity index (χ2n) is 3.46. The van der Waals surface area contributed by atoms with Crippen molar-refractivity contribution in [3.63, 3.8) is 0 Å². The Morgan fingerprint density at radius 2 is 2.33 bits per heavy atom. The number of hydrogen-bond donors (Lipinski definition) is 1. The van der Waals surface area contributed by atoms with Crippen molar-refractivity contribution in [2.24, 2.45) is 0 Å². The molecule has 0 unspecified atom stereocenters. The molecule has 0 bridgehead atoms. The van der Waals surface area contributed by atoms with Crippen LogP contribution in [-0.4, -0.2) is 23.0 Å². The Kier molecular flexibility index (Phi) is 6.58. The highest BCUT2D eigenvalue weighted by atomic mass is 35.5. The number of terminal acetylenes is 1. The summed E-state index contributed by atoms with van der Waals surface area (Å²) in [5, 5.41) is 14.3. The summed E-state index contributed by atoms with van der Waals surface area (Å²) < 4.78 is 0. The highest BCUT2D eigenvalue weighted by molar-refractivity contribution is 7.99. The van der Waals surface area contributed by atoms with Crippen molar-refractivity contribution in [2.75, 3.05) is 18.1 Å². The fourth-order valence-corrected chi connectivity index (χ4v) is 2.07. The van der Waals surface area contributed by atoms with E-state index < -0.39 is 4.92 Å². The lowest BCUT2D eigenvalue weighted by Gasteiger charge is -2.05. The minimum Gasteiger partial charge on any atom is -0.312 e. The topological polar surface area (TPSA) is 55.2 Å². The van der Waals surface area contributed by atoms with Gasteiger partial charge in [-0.15, -0.1) is 18.2 Å². The highest BCUT2D eigenvalue weighted by Gasteiger charge is 2.13. The molecule has 0 heterocycles. The summed E-state index contributed by atoms with van der Waals surface area (Å²) in [7, 11) is 0. The van der Waals surface area contributed by atoms with Gasteiger partial charge in [-0.1, -0.05) is 17.5 Å². The molecule has 96 valence electrons. The van der Waals surface area contributed by atoms with E-state index in [1.54, 1.807) is 23.9 Å². The second-order valence-corrected chi connectivity index (χ2v) is 5.01. The number of rotatable bonds is 7. The Morgan fingerprint density at radius 1 is 1.56 bits per heavy atom. The zero-order valence-corrected chi connectivity index (χ0v) is 11.3. The lowest BCUT2D eigenvalue weighted by atomic mass is 10.2. The first kappa shape index (κ1) is 14.8. The molecule has 0 spiro atoms. The molecule has 0 aromatic heterocycles. The molecule has 0 aliphatic heterocycles. The van der Waals surface area contributed by atoms with Crippen LogP contribution in [0.2, 0.25) is 5.02 Å². The Balaban J connectivity index is 2.47. The fraction of sp³-hybridized carbons (Fsp3) is 0.333. The Labute approximate surface area is 115 Å². The summed E-state index contributed by atoms with van der Waals surface area (Å²) in [6.07, 6.45) is 5.12.